The molecule has 5 nitrogen and oxygen atoms in total. The zero-order valence-electron chi connectivity index (χ0n) is 18.8. The van der Waals surface area contributed by atoms with E-state index >= 15 is 0 Å². The fourth-order valence-corrected chi connectivity index (χ4v) is 5.10. The molecular weight excluding hydrogens is 394 g/mol. The van der Waals surface area contributed by atoms with E-state index in [2.05, 4.69) is 74.8 Å². The van der Waals surface area contributed by atoms with Crippen molar-refractivity contribution < 1.29 is 0 Å². The minimum Gasteiger partial charge on any atom is -0.361 e. The Morgan fingerprint density at radius 3 is 2.53 bits per heavy atom. The van der Waals surface area contributed by atoms with E-state index in [1.54, 1.807) is 12.7 Å². The van der Waals surface area contributed by atoms with Gasteiger partial charge in [-0.1, -0.05) is 36.8 Å². The average Bonchev–Trinajstić information content (AvgIpc) is 3.51. The Bertz CT molecular complexity index is 1090. The van der Waals surface area contributed by atoms with Crippen molar-refractivity contribution >= 4 is 10.9 Å². The van der Waals surface area contributed by atoms with Crippen LogP contribution in [0, 0.1) is 5.92 Å². The second-order valence-corrected chi connectivity index (χ2v) is 9.18. The molecule has 2 aromatic carbocycles. The average molecular weight is 428 g/mol. The minimum atomic E-state index is 0.887. The molecule has 1 aliphatic heterocycles. The molecule has 0 atom stereocenters. The Morgan fingerprint density at radius 2 is 1.72 bits per heavy atom. The summed E-state index contributed by atoms with van der Waals surface area (Å²) in [4.78, 5) is 6.11. The summed E-state index contributed by atoms with van der Waals surface area (Å²) < 4.78 is 1.96. The van der Waals surface area contributed by atoms with E-state index in [1.165, 1.54) is 80.2 Å². The molecule has 0 spiro atoms. The van der Waals surface area contributed by atoms with E-state index < -0.39 is 0 Å². The number of aryl methyl sites for hydroxylation is 2. The number of H-pyrrole nitrogens is 1. The molecule has 1 fully saturated rings. The molecule has 0 bridgehead atoms. The van der Waals surface area contributed by atoms with Crippen molar-refractivity contribution in [3.05, 3.63) is 78.5 Å². The molecule has 166 valence electrons. The second kappa shape index (κ2) is 10.1. The van der Waals surface area contributed by atoms with Crippen molar-refractivity contribution in [3.8, 4) is 5.69 Å². The van der Waals surface area contributed by atoms with Gasteiger partial charge in [-0.05, 0) is 93.4 Å². The minimum absolute atomic E-state index is 0.887. The van der Waals surface area contributed by atoms with Crippen LogP contribution in [0.3, 0.4) is 0 Å². The van der Waals surface area contributed by atoms with Crippen molar-refractivity contribution in [2.75, 3.05) is 19.6 Å². The Morgan fingerprint density at radius 1 is 0.906 bits per heavy atom. The van der Waals surface area contributed by atoms with Crippen molar-refractivity contribution in [2.24, 2.45) is 5.92 Å². The summed E-state index contributed by atoms with van der Waals surface area (Å²) in [6.07, 6.45) is 14.6. The van der Waals surface area contributed by atoms with Crippen LogP contribution in [0.25, 0.3) is 16.6 Å². The van der Waals surface area contributed by atoms with E-state index in [0.29, 0.717) is 0 Å². The number of piperidine rings is 1. The van der Waals surface area contributed by atoms with Gasteiger partial charge in [-0.3, -0.25) is 4.57 Å². The first-order valence-corrected chi connectivity index (χ1v) is 12.1. The summed E-state index contributed by atoms with van der Waals surface area (Å²) in [6.45, 7) is 3.79. The van der Waals surface area contributed by atoms with Gasteiger partial charge in [-0.25, -0.2) is 0 Å². The van der Waals surface area contributed by atoms with Crippen molar-refractivity contribution in [1.82, 2.24) is 24.6 Å². The Labute approximate surface area is 190 Å². The van der Waals surface area contributed by atoms with Crippen LogP contribution in [-0.4, -0.2) is 44.3 Å². The van der Waals surface area contributed by atoms with Crippen molar-refractivity contribution in [3.63, 3.8) is 0 Å². The maximum atomic E-state index is 3.93. The summed E-state index contributed by atoms with van der Waals surface area (Å²) >= 11 is 0. The molecule has 32 heavy (non-hydrogen) atoms. The zero-order chi connectivity index (χ0) is 21.6. The van der Waals surface area contributed by atoms with Crippen LogP contribution in [0.2, 0.25) is 0 Å². The van der Waals surface area contributed by atoms with Gasteiger partial charge in [0.1, 0.15) is 12.7 Å². The number of aromatic nitrogens is 4. The van der Waals surface area contributed by atoms with Gasteiger partial charge in [0.15, 0.2) is 0 Å². The number of benzene rings is 2. The van der Waals surface area contributed by atoms with Crippen LogP contribution in [0.5, 0.6) is 0 Å². The van der Waals surface area contributed by atoms with Crippen LogP contribution < -0.4 is 0 Å². The number of nitrogens with one attached hydrogen (secondary N) is 1. The summed E-state index contributed by atoms with van der Waals surface area (Å²) in [6, 6.07) is 17.4. The molecule has 0 radical (unpaired) electrons. The lowest BCUT2D eigenvalue weighted by Gasteiger charge is -2.32. The standard InChI is InChI=1S/C27H33N5/c1-2-6-22(7-3-1)9-5-15-31-16-13-23(14-17-31)8-4-10-24-19-28-27-12-11-25(18-26(24)27)32-20-29-30-21-32/h1-3,6-7,11-12,18-21,23,28H,4-5,8-10,13-17H2. The molecule has 0 saturated carbocycles. The van der Waals surface area contributed by atoms with Crippen molar-refractivity contribution in [2.45, 2.75) is 44.9 Å². The molecular formula is C27H33N5. The third-order valence-corrected chi connectivity index (χ3v) is 7.02. The molecule has 3 heterocycles. The van der Waals surface area contributed by atoms with E-state index in [4.69, 9.17) is 0 Å². The van der Waals surface area contributed by atoms with Gasteiger partial charge in [0.25, 0.3) is 0 Å². The third-order valence-electron chi connectivity index (χ3n) is 7.02. The lowest BCUT2D eigenvalue weighted by atomic mass is 9.90. The molecule has 0 aliphatic carbocycles. The lowest BCUT2D eigenvalue weighted by Crippen LogP contribution is -2.34. The van der Waals surface area contributed by atoms with E-state index in [0.717, 1.165) is 18.0 Å². The smallest absolute Gasteiger partial charge is 0.123 e. The number of aromatic amines is 1. The highest BCUT2D eigenvalue weighted by Crippen LogP contribution is 2.26. The van der Waals surface area contributed by atoms with Crippen LogP contribution in [-0.2, 0) is 12.8 Å². The Kier molecular flexibility index (Phi) is 6.63. The van der Waals surface area contributed by atoms with Crippen LogP contribution >= 0.6 is 0 Å². The molecule has 5 rings (SSSR count). The summed E-state index contributed by atoms with van der Waals surface area (Å²) in [7, 11) is 0. The number of nitrogens with zero attached hydrogens (tertiary/aromatic N) is 4. The maximum Gasteiger partial charge on any atom is 0.123 e. The van der Waals surface area contributed by atoms with Gasteiger partial charge >= 0.3 is 0 Å². The first-order chi connectivity index (χ1) is 15.8. The molecule has 4 aromatic rings. The number of fused-ring (bicyclic) bond motifs is 1. The summed E-state index contributed by atoms with van der Waals surface area (Å²) in [5.41, 5.74) is 5.21. The predicted octanol–water partition coefficient (Wildman–Crippen LogP) is 5.42. The summed E-state index contributed by atoms with van der Waals surface area (Å²) in [5.74, 6) is 0.887. The highest BCUT2D eigenvalue weighted by Gasteiger charge is 2.18. The number of rotatable bonds is 9. The normalized spacial score (nSPS) is 15.5. The van der Waals surface area contributed by atoms with Crippen LogP contribution in [0.4, 0.5) is 0 Å². The number of hydrogen-bond donors (Lipinski definition) is 1. The first kappa shape index (κ1) is 21.0. The van der Waals surface area contributed by atoms with Gasteiger partial charge in [-0.15, -0.1) is 10.2 Å². The molecule has 1 saturated heterocycles. The Balaban J connectivity index is 1.06. The molecule has 1 aliphatic rings. The highest BCUT2D eigenvalue weighted by atomic mass is 15.2. The molecule has 1 N–H and O–H groups in total. The highest BCUT2D eigenvalue weighted by molar-refractivity contribution is 5.85. The van der Waals surface area contributed by atoms with E-state index in [9.17, 15) is 0 Å². The predicted molar refractivity (Wildman–Crippen MR) is 130 cm³/mol. The second-order valence-electron chi connectivity index (χ2n) is 9.18. The molecule has 0 amide bonds. The quantitative estimate of drug-likeness (QED) is 0.388. The van der Waals surface area contributed by atoms with E-state index in [-0.39, 0.29) is 0 Å². The fourth-order valence-electron chi connectivity index (χ4n) is 5.10. The third kappa shape index (κ3) is 5.10. The van der Waals surface area contributed by atoms with Gasteiger partial charge in [0, 0.05) is 22.8 Å². The Hall–Kier alpha value is -2.92. The van der Waals surface area contributed by atoms with Gasteiger partial charge < -0.3 is 9.88 Å². The monoisotopic (exact) mass is 427 g/mol. The van der Waals surface area contributed by atoms with Gasteiger partial charge in [0.05, 0.1) is 0 Å². The SMILES string of the molecule is c1ccc(CCCN2CCC(CCCc3c[nH]c4ccc(-n5cnnc5)cc34)CC2)cc1. The topological polar surface area (TPSA) is 49.7 Å². The van der Waals surface area contributed by atoms with Crippen molar-refractivity contribution in [1.29, 1.82) is 0 Å². The first-order valence-electron chi connectivity index (χ1n) is 12.1. The number of hydrogen-bond acceptors (Lipinski definition) is 3. The lowest BCUT2D eigenvalue weighted by molar-refractivity contribution is 0.176. The largest absolute Gasteiger partial charge is 0.361 e. The fraction of sp³-hybridized carbons (Fsp3) is 0.407. The van der Waals surface area contributed by atoms with Crippen LogP contribution in [0.15, 0.2) is 67.4 Å². The van der Waals surface area contributed by atoms with Gasteiger partial charge in [-0.2, -0.15) is 0 Å². The maximum absolute atomic E-state index is 3.93. The summed E-state index contributed by atoms with van der Waals surface area (Å²) in [5, 5.41) is 9.18. The zero-order valence-corrected chi connectivity index (χ0v) is 18.8. The molecule has 0 unspecified atom stereocenters. The van der Waals surface area contributed by atoms with E-state index in [1.807, 2.05) is 4.57 Å². The van der Waals surface area contributed by atoms with Crippen LogP contribution in [0.1, 0.15) is 43.2 Å². The number of likely N-dealkylation sites (tertiary alicyclic amines) is 1. The molecule has 2 aromatic heterocycles. The van der Waals surface area contributed by atoms with Gasteiger partial charge in [0.2, 0.25) is 0 Å². The molecule has 5 heteroatoms.